The summed E-state index contributed by atoms with van der Waals surface area (Å²) in [4.78, 5) is 44.8. The number of carbonyl (C=O) groups is 3. The van der Waals surface area contributed by atoms with Gasteiger partial charge < -0.3 is 15.2 Å². The predicted molar refractivity (Wildman–Crippen MR) is 142 cm³/mol. The van der Waals surface area contributed by atoms with Crippen LogP contribution in [-0.4, -0.2) is 46.1 Å². The molecule has 0 radical (unpaired) electrons. The summed E-state index contributed by atoms with van der Waals surface area (Å²) in [5.74, 6) is -0.566. The Balaban J connectivity index is 1.36. The molecule has 2 heterocycles. The van der Waals surface area contributed by atoms with E-state index in [1.165, 1.54) is 6.42 Å². The zero-order chi connectivity index (χ0) is 26.4. The fourth-order valence-corrected chi connectivity index (χ4v) is 7.09. The number of aromatic nitrogens is 1. The van der Waals surface area contributed by atoms with Crippen molar-refractivity contribution in [3.63, 3.8) is 0 Å². The van der Waals surface area contributed by atoms with Crippen LogP contribution in [0.2, 0.25) is 5.02 Å². The molecule has 37 heavy (non-hydrogen) atoms. The summed E-state index contributed by atoms with van der Waals surface area (Å²) in [5, 5.41) is 14.2. The fourth-order valence-electron chi connectivity index (χ4n) is 6.92. The maximum Gasteiger partial charge on any atom is 0.271 e. The Bertz CT molecular complexity index is 1270. The van der Waals surface area contributed by atoms with Crippen molar-refractivity contribution in [1.82, 2.24) is 15.2 Å². The van der Waals surface area contributed by atoms with Gasteiger partial charge in [0.05, 0.1) is 6.07 Å². The van der Waals surface area contributed by atoms with Crippen molar-refractivity contribution in [3.8, 4) is 6.07 Å². The lowest BCUT2D eigenvalue weighted by Gasteiger charge is -2.32. The number of rotatable bonds is 5. The summed E-state index contributed by atoms with van der Waals surface area (Å²) in [6, 6.07) is 8.03. The van der Waals surface area contributed by atoms with Crippen LogP contribution in [0.25, 0.3) is 10.9 Å². The van der Waals surface area contributed by atoms with E-state index in [2.05, 4.69) is 30.2 Å². The van der Waals surface area contributed by atoms with Gasteiger partial charge in [-0.1, -0.05) is 50.8 Å². The molecule has 1 aliphatic heterocycles. The molecule has 3 atom stereocenters. The van der Waals surface area contributed by atoms with E-state index in [-0.39, 0.29) is 34.3 Å². The van der Waals surface area contributed by atoms with Gasteiger partial charge in [-0.25, -0.2) is 0 Å². The molecule has 3 aliphatic rings. The van der Waals surface area contributed by atoms with E-state index in [0.717, 1.165) is 43.0 Å². The Kier molecular flexibility index (Phi) is 6.83. The van der Waals surface area contributed by atoms with Crippen LogP contribution in [0.5, 0.6) is 0 Å². The molecule has 1 spiro atoms. The topological polar surface area (TPSA) is 106 Å². The van der Waals surface area contributed by atoms with E-state index in [4.69, 9.17) is 11.6 Å². The molecule has 196 valence electrons. The molecule has 2 N–H and O–H groups in total. The fraction of sp³-hybridized carbons (Fsp3) is 0.586. The summed E-state index contributed by atoms with van der Waals surface area (Å²) in [7, 11) is 0. The van der Waals surface area contributed by atoms with Gasteiger partial charge in [0, 0.05) is 34.8 Å². The van der Waals surface area contributed by atoms with Crippen molar-refractivity contribution in [2.45, 2.75) is 83.7 Å². The first-order chi connectivity index (χ1) is 17.6. The van der Waals surface area contributed by atoms with Crippen LogP contribution in [0.1, 0.15) is 82.1 Å². The van der Waals surface area contributed by atoms with E-state index in [9.17, 15) is 19.6 Å². The molecule has 1 aromatic heterocycles. The quantitative estimate of drug-likeness (QED) is 0.549. The van der Waals surface area contributed by atoms with Gasteiger partial charge in [-0.15, -0.1) is 0 Å². The lowest BCUT2D eigenvalue weighted by molar-refractivity contribution is -0.126. The van der Waals surface area contributed by atoms with Gasteiger partial charge in [0.15, 0.2) is 0 Å². The molecule has 0 bridgehead atoms. The number of Topliss-reactive ketones (excluding diaryl/α,β-unsaturated/α-hetero) is 1. The maximum absolute atomic E-state index is 13.8. The van der Waals surface area contributed by atoms with Gasteiger partial charge in [0.2, 0.25) is 5.91 Å². The number of nitrogens with one attached hydrogen (secondary N) is 2. The number of likely N-dealkylation sites (tertiary alicyclic amines) is 1. The van der Waals surface area contributed by atoms with Gasteiger partial charge in [0.25, 0.3) is 5.91 Å². The van der Waals surface area contributed by atoms with Crippen LogP contribution >= 0.6 is 11.6 Å². The SMILES string of the molecule is CC1(C)CC(=O)C(CC(C#N)NC(=O)C2CC3(CCCCC3)CN2C(=O)c2cc3ccc(Cl)cc3[nH]2)C1. The monoisotopic (exact) mass is 522 g/mol. The summed E-state index contributed by atoms with van der Waals surface area (Å²) in [6.45, 7) is 4.66. The van der Waals surface area contributed by atoms with E-state index in [1.807, 2.05) is 6.07 Å². The van der Waals surface area contributed by atoms with Crippen LogP contribution in [0.15, 0.2) is 24.3 Å². The summed E-state index contributed by atoms with van der Waals surface area (Å²) in [6.07, 6.45) is 7.52. The molecule has 2 amide bonds. The number of fused-ring (bicyclic) bond motifs is 1. The van der Waals surface area contributed by atoms with Crippen molar-refractivity contribution >= 4 is 40.1 Å². The van der Waals surface area contributed by atoms with E-state index < -0.39 is 12.1 Å². The second kappa shape index (κ2) is 9.79. The molecule has 8 heteroatoms. The Morgan fingerprint density at radius 3 is 2.65 bits per heavy atom. The third-order valence-electron chi connectivity index (χ3n) is 8.70. The molecule has 3 unspecified atom stereocenters. The number of carbonyl (C=O) groups excluding carboxylic acids is 3. The minimum atomic E-state index is -0.759. The Hall–Kier alpha value is -2.85. The third kappa shape index (κ3) is 5.27. The molecule has 2 saturated carbocycles. The number of H-pyrrole nitrogens is 1. The van der Waals surface area contributed by atoms with Gasteiger partial charge in [-0.3, -0.25) is 14.4 Å². The predicted octanol–water partition coefficient (Wildman–Crippen LogP) is 5.39. The number of ketones is 1. The second-order valence-corrected chi connectivity index (χ2v) is 12.7. The lowest BCUT2D eigenvalue weighted by atomic mass is 9.72. The summed E-state index contributed by atoms with van der Waals surface area (Å²) < 4.78 is 0. The number of amides is 2. The Morgan fingerprint density at radius 1 is 1.22 bits per heavy atom. The zero-order valence-corrected chi connectivity index (χ0v) is 22.4. The summed E-state index contributed by atoms with van der Waals surface area (Å²) >= 11 is 6.13. The van der Waals surface area contributed by atoms with Gasteiger partial charge in [-0.05, 0) is 61.1 Å². The molecule has 7 nitrogen and oxygen atoms in total. The third-order valence-corrected chi connectivity index (χ3v) is 8.94. The first-order valence-corrected chi connectivity index (χ1v) is 13.8. The molecular weight excluding hydrogens is 488 g/mol. The van der Waals surface area contributed by atoms with Gasteiger partial charge in [-0.2, -0.15) is 5.26 Å². The highest BCUT2D eigenvalue weighted by Gasteiger charge is 2.49. The van der Waals surface area contributed by atoms with E-state index >= 15 is 0 Å². The first kappa shape index (κ1) is 25.8. The van der Waals surface area contributed by atoms with Crippen LogP contribution in [0, 0.1) is 28.1 Å². The molecule has 2 aromatic rings. The van der Waals surface area contributed by atoms with Crippen LogP contribution in [0.3, 0.4) is 0 Å². The average Bonchev–Trinajstić information content (AvgIpc) is 3.51. The highest BCUT2D eigenvalue weighted by atomic mass is 35.5. The number of hydrogen-bond donors (Lipinski definition) is 2. The van der Waals surface area contributed by atoms with E-state index in [0.29, 0.717) is 36.5 Å². The van der Waals surface area contributed by atoms with Crippen molar-refractivity contribution in [1.29, 1.82) is 5.26 Å². The Labute approximate surface area is 222 Å². The number of halogens is 1. The molecular formula is C29H35ClN4O3. The van der Waals surface area contributed by atoms with Crippen molar-refractivity contribution in [2.75, 3.05) is 6.54 Å². The van der Waals surface area contributed by atoms with Crippen molar-refractivity contribution in [2.24, 2.45) is 16.7 Å². The van der Waals surface area contributed by atoms with Gasteiger partial charge >= 0.3 is 0 Å². The van der Waals surface area contributed by atoms with Crippen LogP contribution < -0.4 is 5.32 Å². The highest BCUT2D eigenvalue weighted by molar-refractivity contribution is 6.31. The van der Waals surface area contributed by atoms with Crippen molar-refractivity contribution < 1.29 is 14.4 Å². The molecule has 5 rings (SSSR count). The molecule has 1 aromatic carbocycles. The minimum Gasteiger partial charge on any atom is -0.350 e. The first-order valence-electron chi connectivity index (χ1n) is 13.4. The van der Waals surface area contributed by atoms with Gasteiger partial charge in [0.1, 0.15) is 23.6 Å². The van der Waals surface area contributed by atoms with Crippen molar-refractivity contribution in [3.05, 3.63) is 35.0 Å². The number of aromatic amines is 1. The normalized spacial score (nSPS) is 25.4. The standard InChI is InChI=1S/C29H35ClN4O3/c1-28(2)13-19(25(35)15-28)10-21(16-31)32-26(36)24-14-29(8-4-3-5-9-29)17-34(24)27(37)23-11-18-6-7-20(30)12-22(18)33-23/h6-7,11-12,19,21,24,33H,3-5,8-10,13-15,17H2,1-2H3,(H,32,36). The highest BCUT2D eigenvalue weighted by Crippen LogP contribution is 2.47. The largest absolute Gasteiger partial charge is 0.350 e. The Morgan fingerprint density at radius 2 is 1.97 bits per heavy atom. The van der Waals surface area contributed by atoms with Crippen LogP contribution in [-0.2, 0) is 9.59 Å². The number of nitrogens with zero attached hydrogens (tertiary/aromatic N) is 2. The maximum atomic E-state index is 13.8. The average molecular weight is 523 g/mol. The zero-order valence-electron chi connectivity index (χ0n) is 21.6. The number of nitriles is 1. The number of hydrogen-bond acceptors (Lipinski definition) is 4. The summed E-state index contributed by atoms with van der Waals surface area (Å²) in [5.41, 5.74) is 1.06. The minimum absolute atomic E-state index is 0.0706. The molecule has 3 fully saturated rings. The molecule has 2 aliphatic carbocycles. The van der Waals surface area contributed by atoms with Crippen LogP contribution in [0.4, 0.5) is 0 Å². The second-order valence-electron chi connectivity index (χ2n) is 12.3. The lowest BCUT2D eigenvalue weighted by Crippen LogP contribution is -2.49. The number of benzene rings is 1. The van der Waals surface area contributed by atoms with E-state index in [1.54, 1.807) is 23.1 Å². The molecule has 1 saturated heterocycles. The smallest absolute Gasteiger partial charge is 0.271 e.